The van der Waals surface area contributed by atoms with Crippen molar-refractivity contribution in [3.05, 3.63) is 20.8 Å². The number of halogens is 4. The summed E-state index contributed by atoms with van der Waals surface area (Å²) in [4.78, 5) is 11.6. The molecule has 0 atom stereocenters. The molecule has 0 spiro atoms. The van der Waals surface area contributed by atoms with Crippen molar-refractivity contribution in [1.82, 2.24) is 0 Å². The van der Waals surface area contributed by atoms with E-state index in [2.05, 4.69) is 15.9 Å². The first-order valence-corrected chi connectivity index (χ1v) is 5.35. The lowest BCUT2D eigenvalue weighted by Gasteiger charge is -2.03. The number of ketones is 1. The van der Waals surface area contributed by atoms with Gasteiger partial charge in [-0.2, -0.15) is 13.2 Å². The van der Waals surface area contributed by atoms with Crippen LogP contribution in [-0.2, 0) is 0 Å². The molecule has 6 heteroatoms. The van der Waals surface area contributed by atoms with Crippen molar-refractivity contribution < 1.29 is 18.0 Å². The second kappa shape index (κ2) is 4.44. The van der Waals surface area contributed by atoms with Gasteiger partial charge in [0.25, 0.3) is 0 Å². The Hall–Kier alpha value is -0.360. The summed E-state index contributed by atoms with van der Waals surface area (Å²) in [5.74, 6) is -0.460. The molecule has 1 rings (SSSR count). The van der Waals surface area contributed by atoms with E-state index < -0.39 is 24.8 Å². The Balaban J connectivity index is 2.52. The average molecular weight is 287 g/mol. The van der Waals surface area contributed by atoms with E-state index in [0.29, 0.717) is 4.88 Å². The molecule has 0 amide bonds. The Morgan fingerprint density at radius 3 is 2.50 bits per heavy atom. The molecule has 0 saturated heterocycles. The molecule has 1 aromatic heterocycles. The van der Waals surface area contributed by atoms with Gasteiger partial charge in [0, 0.05) is 6.42 Å². The third-order valence-corrected chi connectivity index (χ3v) is 3.15. The lowest BCUT2D eigenvalue weighted by atomic mass is 10.2. The van der Waals surface area contributed by atoms with Gasteiger partial charge < -0.3 is 0 Å². The summed E-state index contributed by atoms with van der Waals surface area (Å²) in [6.45, 7) is 0. The molecule has 0 aliphatic carbocycles. The maximum absolute atomic E-state index is 11.8. The van der Waals surface area contributed by atoms with E-state index in [-0.39, 0.29) is 0 Å². The predicted octanol–water partition coefficient (Wildman–Crippen LogP) is 4.04. The van der Waals surface area contributed by atoms with Gasteiger partial charge in [-0.05, 0) is 28.1 Å². The fraction of sp³-hybridized carbons (Fsp3) is 0.375. The Morgan fingerprint density at radius 1 is 1.43 bits per heavy atom. The highest BCUT2D eigenvalue weighted by atomic mass is 79.9. The number of hydrogen-bond acceptors (Lipinski definition) is 2. The molecule has 0 unspecified atom stereocenters. The highest BCUT2D eigenvalue weighted by molar-refractivity contribution is 9.11. The van der Waals surface area contributed by atoms with Crippen molar-refractivity contribution in [2.24, 2.45) is 0 Å². The summed E-state index contributed by atoms with van der Waals surface area (Å²) in [5, 5.41) is 0. The number of rotatable bonds is 3. The summed E-state index contributed by atoms with van der Waals surface area (Å²) < 4.78 is 36.1. The van der Waals surface area contributed by atoms with Crippen LogP contribution in [0.5, 0.6) is 0 Å². The van der Waals surface area contributed by atoms with Crippen LogP contribution < -0.4 is 0 Å². The Labute approximate surface area is 91.1 Å². The quantitative estimate of drug-likeness (QED) is 0.767. The minimum atomic E-state index is -4.26. The summed E-state index contributed by atoms with van der Waals surface area (Å²) >= 11 is 4.28. The predicted molar refractivity (Wildman–Crippen MR) is 51.6 cm³/mol. The van der Waals surface area contributed by atoms with Gasteiger partial charge in [-0.25, -0.2) is 0 Å². The monoisotopic (exact) mass is 286 g/mol. The van der Waals surface area contributed by atoms with Crippen molar-refractivity contribution in [2.75, 3.05) is 0 Å². The highest BCUT2D eigenvalue weighted by Gasteiger charge is 2.28. The number of alkyl halides is 3. The molecule has 0 aliphatic heterocycles. The standard InChI is InChI=1S/C8H6BrF3OS/c9-7-2-1-6(14-7)5(13)3-4-8(10,11)12/h1-2H,3-4H2. The second-order valence-electron chi connectivity index (χ2n) is 2.64. The molecule has 1 aromatic rings. The molecule has 1 heterocycles. The van der Waals surface area contributed by atoms with Crippen molar-refractivity contribution in [3.8, 4) is 0 Å². The largest absolute Gasteiger partial charge is 0.389 e. The van der Waals surface area contributed by atoms with Gasteiger partial charge in [0.2, 0.25) is 0 Å². The fourth-order valence-electron chi connectivity index (χ4n) is 0.843. The molecule has 0 radical (unpaired) electrons. The normalized spacial score (nSPS) is 11.7. The van der Waals surface area contributed by atoms with Crippen LogP contribution in [0.1, 0.15) is 22.5 Å². The fourth-order valence-corrected chi connectivity index (χ4v) is 2.20. The molecule has 78 valence electrons. The third kappa shape index (κ3) is 3.79. The van der Waals surface area contributed by atoms with Crippen molar-refractivity contribution in [3.63, 3.8) is 0 Å². The molecular formula is C8H6BrF3OS. The molecule has 1 nitrogen and oxygen atoms in total. The Bertz CT molecular complexity index is 332. The number of carbonyl (C=O) groups is 1. The molecule has 0 aliphatic rings. The van der Waals surface area contributed by atoms with Gasteiger partial charge in [0.15, 0.2) is 5.78 Å². The number of hydrogen-bond donors (Lipinski definition) is 0. The van der Waals surface area contributed by atoms with Gasteiger partial charge in [-0.15, -0.1) is 11.3 Å². The van der Waals surface area contributed by atoms with E-state index in [9.17, 15) is 18.0 Å². The lowest BCUT2D eigenvalue weighted by Crippen LogP contribution is -2.10. The number of carbonyl (C=O) groups excluding carboxylic acids is 1. The molecule has 0 fully saturated rings. The van der Waals surface area contributed by atoms with E-state index in [4.69, 9.17) is 0 Å². The van der Waals surface area contributed by atoms with E-state index in [1.807, 2.05) is 0 Å². The topological polar surface area (TPSA) is 17.1 Å². The highest BCUT2D eigenvalue weighted by Crippen LogP contribution is 2.26. The van der Waals surface area contributed by atoms with Crippen LogP contribution in [0, 0.1) is 0 Å². The first-order chi connectivity index (χ1) is 6.38. The van der Waals surface area contributed by atoms with Crippen LogP contribution in [0.4, 0.5) is 13.2 Å². The van der Waals surface area contributed by atoms with Crippen LogP contribution >= 0.6 is 27.3 Å². The van der Waals surface area contributed by atoms with Gasteiger partial charge in [-0.1, -0.05) is 0 Å². The second-order valence-corrected chi connectivity index (χ2v) is 5.11. The maximum Gasteiger partial charge on any atom is 0.389 e. The van der Waals surface area contributed by atoms with Gasteiger partial charge in [-0.3, -0.25) is 4.79 Å². The molecule has 14 heavy (non-hydrogen) atoms. The van der Waals surface area contributed by atoms with Gasteiger partial charge in [0.05, 0.1) is 15.1 Å². The maximum atomic E-state index is 11.8. The van der Waals surface area contributed by atoms with Crippen LogP contribution in [0.2, 0.25) is 0 Å². The summed E-state index contributed by atoms with van der Waals surface area (Å²) in [7, 11) is 0. The number of Topliss-reactive ketones (excluding diaryl/α,β-unsaturated/α-hetero) is 1. The summed E-state index contributed by atoms with van der Waals surface area (Å²) in [6.07, 6.45) is -5.79. The molecular weight excluding hydrogens is 281 g/mol. The summed E-state index contributed by atoms with van der Waals surface area (Å²) in [6, 6.07) is 3.17. The smallest absolute Gasteiger partial charge is 0.293 e. The van der Waals surface area contributed by atoms with Crippen LogP contribution in [0.25, 0.3) is 0 Å². The molecule has 0 bridgehead atoms. The zero-order valence-corrected chi connectivity index (χ0v) is 9.30. The van der Waals surface area contributed by atoms with Gasteiger partial charge in [0.1, 0.15) is 0 Å². The first-order valence-electron chi connectivity index (χ1n) is 3.74. The molecule has 0 saturated carbocycles. The minimum absolute atomic E-state index is 0.362. The lowest BCUT2D eigenvalue weighted by molar-refractivity contribution is -0.133. The number of thiophene rings is 1. The Morgan fingerprint density at radius 2 is 2.07 bits per heavy atom. The van der Waals surface area contributed by atoms with E-state index in [0.717, 1.165) is 15.1 Å². The van der Waals surface area contributed by atoms with Crippen LogP contribution in [0.15, 0.2) is 15.9 Å². The molecule has 0 N–H and O–H groups in total. The Kier molecular flexibility index (Phi) is 3.71. The molecule has 0 aromatic carbocycles. The van der Waals surface area contributed by atoms with E-state index >= 15 is 0 Å². The SMILES string of the molecule is O=C(CCC(F)(F)F)c1ccc(Br)s1. The first kappa shape index (κ1) is 11.7. The van der Waals surface area contributed by atoms with Crippen molar-refractivity contribution in [2.45, 2.75) is 19.0 Å². The van der Waals surface area contributed by atoms with Crippen LogP contribution in [-0.4, -0.2) is 12.0 Å². The minimum Gasteiger partial charge on any atom is -0.293 e. The van der Waals surface area contributed by atoms with Crippen molar-refractivity contribution >= 4 is 33.0 Å². The zero-order valence-electron chi connectivity index (χ0n) is 6.90. The average Bonchev–Trinajstić information content (AvgIpc) is 2.46. The van der Waals surface area contributed by atoms with E-state index in [1.54, 1.807) is 6.07 Å². The van der Waals surface area contributed by atoms with Crippen molar-refractivity contribution in [1.29, 1.82) is 0 Å². The van der Waals surface area contributed by atoms with E-state index in [1.165, 1.54) is 6.07 Å². The zero-order chi connectivity index (χ0) is 10.8. The van der Waals surface area contributed by atoms with Gasteiger partial charge >= 0.3 is 6.18 Å². The van der Waals surface area contributed by atoms with Crippen LogP contribution in [0.3, 0.4) is 0 Å². The summed E-state index contributed by atoms with van der Waals surface area (Å²) in [5.41, 5.74) is 0. The third-order valence-electron chi connectivity index (χ3n) is 1.48.